The van der Waals surface area contributed by atoms with Gasteiger partial charge in [-0.25, -0.2) is 0 Å². The van der Waals surface area contributed by atoms with Crippen LogP contribution in [-0.2, 0) is 17.5 Å². The van der Waals surface area contributed by atoms with E-state index in [1.807, 2.05) is 19.1 Å². The number of benzene rings is 2. The summed E-state index contributed by atoms with van der Waals surface area (Å²) >= 11 is 0. The van der Waals surface area contributed by atoms with Gasteiger partial charge in [-0.2, -0.15) is 13.2 Å². The van der Waals surface area contributed by atoms with E-state index in [-0.39, 0.29) is 18.6 Å². The summed E-state index contributed by atoms with van der Waals surface area (Å²) in [6, 6.07) is 12.6. The molecule has 1 aliphatic rings. The van der Waals surface area contributed by atoms with Crippen LogP contribution in [0.4, 0.5) is 13.2 Å². The van der Waals surface area contributed by atoms with Crippen LogP contribution in [-0.4, -0.2) is 43.2 Å². The number of carbonyl (C=O) groups excluding carboxylic acids is 1. The summed E-state index contributed by atoms with van der Waals surface area (Å²) in [6.07, 6.45) is -1.91. The smallest absolute Gasteiger partial charge is 0.416 e. The Labute approximate surface area is 186 Å². The predicted octanol–water partition coefficient (Wildman–Crippen LogP) is 4.65. The van der Waals surface area contributed by atoms with Crippen molar-refractivity contribution < 1.29 is 27.4 Å². The Morgan fingerprint density at radius 1 is 1.06 bits per heavy atom. The van der Waals surface area contributed by atoms with Crippen molar-refractivity contribution in [2.45, 2.75) is 44.9 Å². The summed E-state index contributed by atoms with van der Waals surface area (Å²) in [7, 11) is 0. The van der Waals surface area contributed by atoms with Gasteiger partial charge < -0.3 is 14.8 Å². The fourth-order valence-electron chi connectivity index (χ4n) is 3.61. The van der Waals surface area contributed by atoms with Crippen LogP contribution in [0, 0.1) is 0 Å². The lowest BCUT2D eigenvalue weighted by Gasteiger charge is -2.32. The van der Waals surface area contributed by atoms with Crippen LogP contribution < -0.4 is 14.8 Å². The Balaban J connectivity index is 1.38. The van der Waals surface area contributed by atoms with E-state index >= 15 is 0 Å². The van der Waals surface area contributed by atoms with E-state index in [4.69, 9.17) is 9.47 Å². The molecule has 1 fully saturated rings. The highest BCUT2D eigenvalue weighted by molar-refractivity contribution is 5.77. The second-order valence-electron chi connectivity index (χ2n) is 7.92. The minimum absolute atomic E-state index is 0.0358. The number of piperidine rings is 1. The molecule has 0 aliphatic carbocycles. The van der Waals surface area contributed by atoms with E-state index in [0.717, 1.165) is 31.1 Å². The summed E-state index contributed by atoms with van der Waals surface area (Å²) in [5.41, 5.74) is 0.0158. The maximum atomic E-state index is 12.9. The van der Waals surface area contributed by atoms with Crippen molar-refractivity contribution in [2.24, 2.45) is 0 Å². The van der Waals surface area contributed by atoms with Gasteiger partial charge >= 0.3 is 6.18 Å². The Hall–Kier alpha value is -2.74. The van der Waals surface area contributed by atoms with Gasteiger partial charge in [0.1, 0.15) is 11.5 Å². The molecule has 174 valence electrons. The molecule has 2 aromatic rings. The quantitative estimate of drug-likeness (QED) is 0.604. The fraction of sp³-hybridized carbons (Fsp3) is 0.458. The molecule has 0 atom stereocenters. The Morgan fingerprint density at radius 2 is 1.72 bits per heavy atom. The molecule has 0 saturated carbocycles. The molecule has 32 heavy (non-hydrogen) atoms. The normalized spacial score (nSPS) is 15.4. The second kappa shape index (κ2) is 11.2. The number of likely N-dealkylation sites (tertiary alicyclic amines) is 1. The number of nitrogens with zero attached hydrogens (tertiary/aromatic N) is 1. The topological polar surface area (TPSA) is 50.8 Å². The number of nitrogens with one attached hydrogen (secondary N) is 1. The molecule has 1 N–H and O–H groups in total. The molecule has 0 radical (unpaired) electrons. The number of alkyl halides is 3. The first-order chi connectivity index (χ1) is 15.3. The van der Waals surface area contributed by atoms with Gasteiger partial charge in [0.15, 0.2) is 6.61 Å². The Kier molecular flexibility index (Phi) is 8.39. The summed E-state index contributed by atoms with van der Waals surface area (Å²) in [5, 5.41) is 2.98. The summed E-state index contributed by atoms with van der Waals surface area (Å²) in [5.74, 6) is 1.17. The van der Waals surface area contributed by atoms with Gasteiger partial charge in [0, 0.05) is 25.7 Å². The standard InChI is InChI=1S/C24H29F3N2O3/c1-2-14-31-21-6-8-22(9-7-21)32-17-23(30)28-20-10-12-29(13-11-20)16-18-4-3-5-19(15-18)24(25,26)27/h3-9,15,20H,2,10-14,16-17H2,1H3,(H,28,30). The average Bonchev–Trinajstić information content (AvgIpc) is 2.78. The number of hydrogen-bond donors (Lipinski definition) is 1. The number of rotatable bonds is 9. The molecule has 8 heteroatoms. The van der Waals surface area contributed by atoms with Gasteiger partial charge in [-0.05, 0) is 55.2 Å². The van der Waals surface area contributed by atoms with E-state index < -0.39 is 11.7 Å². The number of halogens is 3. The van der Waals surface area contributed by atoms with E-state index in [9.17, 15) is 18.0 Å². The maximum Gasteiger partial charge on any atom is 0.416 e. The summed E-state index contributed by atoms with van der Waals surface area (Å²) in [6.45, 7) is 4.51. The first-order valence-electron chi connectivity index (χ1n) is 10.9. The van der Waals surface area contributed by atoms with E-state index in [1.54, 1.807) is 18.2 Å². The number of amides is 1. The third kappa shape index (κ3) is 7.44. The van der Waals surface area contributed by atoms with Gasteiger partial charge in [0.25, 0.3) is 5.91 Å². The van der Waals surface area contributed by atoms with Crippen molar-refractivity contribution in [3.8, 4) is 11.5 Å². The highest BCUT2D eigenvalue weighted by atomic mass is 19.4. The van der Waals surface area contributed by atoms with Crippen molar-refractivity contribution >= 4 is 5.91 Å². The zero-order chi connectivity index (χ0) is 23.0. The van der Waals surface area contributed by atoms with E-state index in [0.29, 0.717) is 37.6 Å². The molecular formula is C24H29F3N2O3. The molecular weight excluding hydrogens is 421 g/mol. The predicted molar refractivity (Wildman–Crippen MR) is 116 cm³/mol. The zero-order valence-electron chi connectivity index (χ0n) is 18.2. The third-order valence-electron chi connectivity index (χ3n) is 5.28. The Morgan fingerprint density at radius 3 is 2.34 bits per heavy atom. The largest absolute Gasteiger partial charge is 0.494 e. The lowest BCUT2D eigenvalue weighted by atomic mass is 10.0. The fourth-order valence-corrected chi connectivity index (χ4v) is 3.61. The number of hydrogen-bond acceptors (Lipinski definition) is 4. The first-order valence-corrected chi connectivity index (χ1v) is 10.9. The van der Waals surface area contributed by atoms with Crippen molar-refractivity contribution in [1.82, 2.24) is 10.2 Å². The zero-order valence-corrected chi connectivity index (χ0v) is 18.2. The molecule has 2 aromatic carbocycles. The van der Waals surface area contributed by atoms with Crippen LogP contribution in [0.3, 0.4) is 0 Å². The minimum atomic E-state index is -4.33. The van der Waals surface area contributed by atoms with Crippen LogP contribution in [0.25, 0.3) is 0 Å². The molecule has 1 heterocycles. The highest BCUT2D eigenvalue weighted by Crippen LogP contribution is 2.30. The molecule has 3 rings (SSSR count). The molecule has 5 nitrogen and oxygen atoms in total. The Bertz CT molecular complexity index is 864. The summed E-state index contributed by atoms with van der Waals surface area (Å²) in [4.78, 5) is 14.3. The van der Waals surface area contributed by atoms with Crippen LogP contribution >= 0.6 is 0 Å². The van der Waals surface area contributed by atoms with Gasteiger partial charge in [-0.1, -0.05) is 25.1 Å². The van der Waals surface area contributed by atoms with Gasteiger partial charge in [-0.3, -0.25) is 9.69 Å². The van der Waals surface area contributed by atoms with Gasteiger partial charge in [0.2, 0.25) is 0 Å². The second-order valence-corrected chi connectivity index (χ2v) is 7.92. The maximum absolute atomic E-state index is 12.9. The molecule has 1 amide bonds. The lowest BCUT2D eigenvalue weighted by molar-refractivity contribution is -0.137. The van der Waals surface area contributed by atoms with Crippen molar-refractivity contribution in [3.63, 3.8) is 0 Å². The first kappa shape index (κ1) is 23.9. The summed E-state index contributed by atoms with van der Waals surface area (Å²) < 4.78 is 49.7. The average molecular weight is 451 g/mol. The van der Waals surface area contributed by atoms with Crippen LogP contribution in [0.15, 0.2) is 48.5 Å². The van der Waals surface area contributed by atoms with Crippen LogP contribution in [0.2, 0.25) is 0 Å². The van der Waals surface area contributed by atoms with Gasteiger partial charge in [0.05, 0.1) is 12.2 Å². The SMILES string of the molecule is CCCOc1ccc(OCC(=O)NC2CCN(Cc3cccc(C(F)(F)F)c3)CC2)cc1. The van der Waals surface area contributed by atoms with Gasteiger partial charge in [-0.15, -0.1) is 0 Å². The highest BCUT2D eigenvalue weighted by Gasteiger charge is 2.30. The van der Waals surface area contributed by atoms with Crippen LogP contribution in [0.1, 0.15) is 37.3 Å². The number of carbonyl (C=O) groups is 1. The molecule has 0 spiro atoms. The molecule has 0 bridgehead atoms. The lowest BCUT2D eigenvalue weighted by Crippen LogP contribution is -2.45. The van der Waals surface area contributed by atoms with Crippen molar-refractivity contribution in [2.75, 3.05) is 26.3 Å². The van der Waals surface area contributed by atoms with E-state index in [1.165, 1.54) is 12.1 Å². The van der Waals surface area contributed by atoms with Crippen molar-refractivity contribution in [1.29, 1.82) is 0 Å². The monoisotopic (exact) mass is 450 g/mol. The third-order valence-corrected chi connectivity index (χ3v) is 5.28. The number of ether oxygens (including phenoxy) is 2. The van der Waals surface area contributed by atoms with E-state index in [2.05, 4.69) is 10.2 Å². The molecule has 0 aromatic heterocycles. The van der Waals surface area contributed by atoms with Crippen LogP contribution in [0.5, 0.6) is 11.5 Å². The molecule has 0 unspecified atom stereocenters. The molecule has 1 saturated heterocycles. The molecule has 1 aliphatic heterocycles. The minimum Gasteiger partial charge on any atom is -0.494 e. The van der Waals surface area contributed by atoms with Crippen molar-refractivity contribution in [3.05, 3.63) is 59.7 Å².